The van der Waals surface area contributed by atoms with Gasteiger partial charge < -0.3 is 10.5 Å². The molecule has 0 atom stereocenters. The summed E-state index contributed by atoms with van der Waals surface area (Å²) >= 11 is 0. The van der Waals surface area contributed by atoms with Crippen LogP contribution < -0.4 is 10.5 Å². The van der Waals surface area contributed by atoms with Crippen molar-refractivity contribution in [3.05, 3.63) is 59.7 Å². The number of aryl methyl sites for hydroxylation is 1. The SMILES string of the molecule is CCc1ccc(Oc2ccccc2CCN)cc1. The zero-order valence-corrected chi connectivity index (χ0v) is 10.7. The van der Waals surface area contributed by atoms with Crippen molar-refractivity contribution in [1.29, 1.82) is 0 Å². The average Bonchev–Trinajstić information content (AvgIpc) is 2.42. The molecule has 0 saturated carbocycles. The van der Waals surface area contributed by atoms with Crippen molar-refractivity contribution in [2.45, 2.75) is 19.8 Å². The van der Waals surface area contributed by atoms with E-state index < -0.39 is 0 Å². The fraction of sp³-hybridized carbons (Fsp3) is 0.250. The summed E-state index contributed by atoms with van der Waals surface area (Å²) in [6, 6.07) is 16.3. The van der Waals surface area contributed by atoms with Crippen LogP contribution in [0, 0.1) is 0 Å². The molecule has 0 aromatic heterocycles. The zero-order chi connectivity index (χ0) is 12.8. The Morgan fingerprint density at radius 3 is 2.39 bits per heavy atom. The van der Waals surface area contributed by atoms with E-state index in [1.165, 1.54) is 5.56 Å². The molecule has 0 heterocycles. The number of para-hydroxylation sites is 1. The van der Waals surface area contributed by atoms with Crippen LogP contribution in [0.25, 0.3) is 0 Å². The lowest BCUT2D eigenvalue weighted by atomic mass is 10.1. The molecule has 0 aliphatic rings. The Hall–Kier alpha value is -1.80. The molecule has 94 valence electrons. The molecule has 2 N–H and O–H groups in total. The maximum absolute atomic E-state index is 5.91. The molecule has 0 saturated heterocycles. The first-order valence-corrected chi connectivity index (χ1v) is 6.38. The van der Waals surface area contributed by atoms with Gasteiger partial charge >= 0.3 is 0 Å². The highest BCUT2D eigenvalue weighted by Crippen LogP contribution is 2.25. The van der Waals surface area contributed by atoms with E-state index in [1.54, 1.807) is 0 Å². The zero-order valence-electron chi connectivity index (χ0n) is 10.7. The lowest BCUT2D eigenvalue weighted by molar-refractivity contribution is 0.476. The highest BCUT2D eigenvalue weighted by molar-refractivity contribution is 5.38. The Bertz CT molecular complexity index is 491. The molecular formula is C16H19NO. The van der Waals surface area contributed by atoms with E-state index in [9.17, 15) is 0 Å². The summed E-state index contributed by atoms with van der Waals surface area (Å²) in [4.78, 5) is 0. The van der Waals surface area contributed by atoms with Gasteiger partial charge in [-0.2, -0.15) is 0 Å². The molecule has 0 radical (unpaired) electrons. The fourth-order valence-corrected chi connectivity index (χ4v) is 1.89. The van der Waals surface area contributed by atoms with E-state index in [1.807, 2.05) is 30.3 Å². The molecule has 0 spiro atoms. The normalized spacial score (nSPS) is 10.3. The van der Waals surface area contributed by atoms with Crippen molar-refractivity contribution in [3.63, 3.8) is 0 Å². The lowest BCUT2D eigenvalue weighted by Crippen LogP contribution is -2.03. The fourth-order valence-electron chi connectivity index (χ4n) is 1.89. The molecule has 0 amide bonds. The Labute approximate surface area is 108 Å². The second-order valence-electron chi connectivity index (χ2n) is 4.25. The summed E-state index contributed by atoms with van der Waals surface area (Å²) in [7, 11) is 0. The summed E-state index contributed by atoms with van der Waals surface area (Å²) in [6.07, 6.45) is 1.88. The van der Waals surface area contributed by atoms with Crippen molar-refractivity contribution in [1.82, 2.24) is 0 Å². The number of benzene rings is 2. The van der Waals surface area contributed by atoms with Gasteiger partial charge in [0, 0.05) is 0 Å². The predicted octanol–water partition coefficient (Wildman–Crippen LogP) is 3.54. The lowest BCUT2D eigenvalue weighted by Gasteiger charge is -2.10. The molecular weight excluding hydrogens is 222 g/mol. The third-order valence-electron chi connectivity index (χ3n) is 2.95. The number of rotatable bonds is 5. The summed E-state index contributed by atoms with van der Waals surface area (Å²) in [6.45, 7) is 2.78. The molecule has 2 aromatic carbocycles. The molecule has 0 aliphatic carbocycles. The van der Waals surface area contributed by atoms with Gasteiger partial charge in [0.15, 0.2) is 0 Å². The van der Waals surface area contributed by atoms with Crippen molar-refractivity contribution in [3.8, 4) is 11.5 Å². The Morgan fingerprint density at radius 1 is 1.00 bits per heavy atom. The van der Waals surface area contributed by atoms with Gasteiger partial charge in [-0.1, -0.05) is 37.3 Å². The Kier molecular flexibility index (Phi) is 4.37. The van der Waals surface area contributed by atoms with Gasteiger partial charge in [-0.05, 0) is 48.7 Å². The summed E-state index contributed by atoms with van der Waals surface area (Å²) in [5.41, 5.74) is 8.07. The maximum atomic E-state index is 5.91. The highest BCUT2D eigenvalue weighted by atomic mass is 16.5. The third kappa shape index (κ3) is 3.11. The number of nitrogens with two attached hydrogens (primary N) is 1. The van der Waals surface area contributed by atoms with Crippen LogP contribution in [0.2, 0.25) is 0 Å². The maximum Gasteiger partial charge on any atom is 0.130 e. The Morgan fingerprint density at radius 2 is 1.72 bits per heavy atom. The smallest absolute Gasteiger partial charge is 0.130 e. The number of hydrogen-bond acceptors (Lipinski definition) is 2. The molecule has 0 aliphatic heterocycles. The van der Waals surface area contributed by atoms with Crippen LogP contribution in [0.15, 0.2) is 48.5 Å². The van der Waals surface area contributed by atoms with Crippen molar-refractivity contribution >= 4 is 0 Å². The average molecular weight is 241 g/mol. The van der Waals surface area contributed by atoms with Gasteiger partial charge in [-0.15, -0.1) is 0 Å². The molecule has 2 nitrogen and oxygen atoms in total. The minimum atomic E-state index is 0.634. The van der Waals surface area contributed by atoms with Gasteiger partial charge in [0.25, 0.3) is 0 Å². The first-order valence-electron chi connectivity index (χ1n) is 6.38. The second-order valence-corrected chi connectivity index (χ2v) is 4.25. The molecule has 2 rings (SSSR count). The summed E-state index contributed by atoms with van der Waals surface area (Å²) < 4.78 is 5.91. The second kappa shape index (κ2) is 6.22. The van der Waals surface area contributed by atoms with Crippen LogP contribution in [0.1, 0.15) is 18.1 Å². The van der Waals surface area contributed by atoms with E-state index in [0.717, 1.165) is 29.9 Å². The monoisotopic (exact) mass is 241 g/mol. The summed E-state index contributed by atoms with van der Waals surface area (Å²) in [5.74, 6) is 1.77. The first kappa shape index (κ1) is 12.7. The molecule has 2 heteroatoms. The minimum absolute atomic E-state index is 0.634. The first-order chi connectivity index (χ1) is 8.83. The van der Waals surface area contributed by atoms with E-state index in [4.69, 9.17) is 10.5 Å². The van der Waals surface area contributed by atoms with Gasteiger partial charge in [0.05, 0.1) is 0 Å². The van der Waals surface area contributed by atoms with Crippen LogP contribution >= 0.6 is 0 Å². The minimum Gasteiger partial charge on any atom is -0.457 e. The van der Waals surface area contributed by atoms with Gasteiger partial charge in [0.1, 0.15) is 11.5 Å². The molecule has 2 aromatic rings. The number of hydrogen-bond donors (Lipinski definition) is 1. The van der Waals surface area contributed by atoms with Crippen LogP contribution in [0.4, 0.5) is 0 Å². The molecule has 0 bridgehead atoms. The molecule has 18 heavy (non-hydrogen) atoms. The van der Waals surface area contributed by atoms with Gasteiger partial charge in [0.2, 0.25) is 0 Å². The van der Waals surface area contributed by atoms with E-state index in [0.29, 0.717) is 6.54 Å². The van der Waals surface area contributed by atoms with Crippen molar-refractivity contribution in [2.24, 2.45) is 5.73 Å². The molecule has 0 fully saturated rings. The predicted molar refractivity (Wildman–Crippen MR) is 75.1 cm³/mol. The van der Waals surface area contributed by atoms with Crippen LogP contribution in [-0.4, -0.2) is 6.54 Å². The molecule has 0 unspecified atom stereocenters. The third-order valence-corrected chi connectivity index (χ3v) is 2.95. The Balaban J connectivity index is 2.17. The van der Waals surface area contributed by atoms with Gasteiger partial charge in [-0.25, -0.2) is 0 Å². The van der Waals surface area contributed by atoms with Crippen molar-refractivity contribution < 1.29 is 4.74 Å². The van der Waals surface area contributed by atoms with Crippen molar-refractivity contribution in [2.75, 3.05) is 6.54 Å². The highest BCUT2D eigenvalue weighted by Gasteiger charge is 2.03. The van der Waals surface area contributed by atoms with E-state index in [2.05, 4.69) is 25.1 Å². The number of ether oxygens (including phenoxy) is 1. The quantitative estimate of drug-likeness (QED) is 0.869. The van der Waals surface area contributed by atoms with Crippen LogP contribution in [-0.2, 0) is 12.8 Å². The topological polar surface area (TPSA) is 35.2 Å². The standard InChI is InChI=1S/C16H19NO/c1-2-13-7-9-15(10-8-13)18-16-6-4-3-5-14(16)11-12-17/h3-10H,2,11-12,17H2,1H3. The summed E-state index contributed by atoms with van der Waals surface area (Å²) in [5, 5.41) is 0. The van der Waals surface area contributed by atoms with Gasteiger partial charge in [-0.3, -0.25) is 0 Å². The van der Waals surface area contributed by atoms with Crippen LogP contribution in [0.3, 0.4) is 0 Å². The largest absolute Gasteiger partial charge is 0.457 e. The van der Waals surface area contributed by atoms with Crippen LogP contribution in [0.5, 0.6) is 11.5 Å². The van der Waals surface area contributed by atoms with E-state index >= 15 is 0 Å². The van der Waals surface area contributed by atoms with E-state index in [-0.39, 0.29) is 0 Å².